The molecule has 0 spiro atoms. The summed E-state index contributed by atoms with van der Waals surface area (Å²) in [5.41, 5.74) is 0.371. The second kappa shape index (κ2) is 6.31. The Morgan fingerprint density at radius 2 is 1.95 bits per heavy atom. The molecule has 1 aliphatic rings. The van der Waals surface area contributed by atoms with Gasteiger partial charge in [0.15, 0.2) is 0 Å². The SMILES string of the molecule is COc1ccc(NC(=O)N2CCCCC2)cc1S(N)(=O)=O. The Hall–Kier alpha value is -1.80. The smallest absolute Gasteiger partial charge is 0.321 e. The second-order valence-electron chi connectivity index (χ2n) is 4.89. The summed E-state index contributed by atoms with van der Waals surface area (Å²) >= 11 is 0. The summed E-state index contributed by atoms with van der Waals surface area (Å²) in [7, 11) is -2.56. The molecular weight excluding hydrogens is 294 g/mol. The van der Waals surface area contributed by atoms with E-state index in [2.05, 4.69) is 5.32 Å². The highest BCUT2D eigenvalue weighted by Crippen LogP contribution is 2.26. The van der Waals surface area contributed by atoms with E-state index in [4.69, 9.17) is 9.88 Å². The average Bonchev–Trinajstić information content (AvgIpc) is 2.47. The van der Waals surface area contributed by atoms with Gasteiger partial charge in [0, 0.05) is 18.8 Å². The quantitative estimate of drug-likeness (QED) is 0.879. The third kappa shape index (κ3) is 3.85. The standard InChI is InChI=1S/C13H19N3O4S/c1-20-11-6-5-10(9-12(11)21(14,18)19)15-13(17)16-7-3-2-4-8-16/h5-6,9H,2-4,7-8H2,1H3,(H,15,17)(H2,14,18,19). The number of likely N-dealkylation sites (tertiary alicyclic amines) is 1. The number of urea groups is 1. The van der Waals surface area contributed by atoms with Gasteiger partial charge in [0.2, 0.25) is 10.0 Å². The van der Waals surface area contributed by atoms with Crippen molar-refractivity contribution in [3.63, 3.8) is 0 Å². The van der Waals surface area contributed by atoms with Crippen LogP contribution < -0.4 is 15.2 Å². The van der Waals surface area contributed by atoms with Crippen molar-refractivity contribution in [1.29, 1.82) is 0 Å². The molecule has 2 amide bonds. The molecule has 7 nitrogen and oxygen atoms in total. The number of anilines is 1. The van der Waals surface area contributed by atoms with Crippen molar-refractivity contribution in [1.82, 2.24) is 4.90 Å². The van der Waals surface area contributed by atoms with Gasteiger partial charge in [0.05, 0.1) is 7.11 Å². The molecule has 2 rings (SSSR count). The lowest BCUT2D eigenvalue weighted by molar-refractivity contribution is 0.200. The average molecular weight is 313 g/mol. The molecule has 0 aliphatic carbocycles. The van der Waals surface area contributed by atoms with Crippen LogP contribution in [0.15, 0.2) is 23.1 Å². The summed E-state index contributed by atoms with van der Waals surface area (Å²) in [6, 6.07) is 4.11. The zero-order valence-electron chi connectivity index (χ0n) is 11.8. The van der Waals surface area contributed by atoms with E-state index in [-0.39, 0.29) is 16.7 Å². The van der Waals surface area contributed by atoms with Crippen LogP contribution in [-0.4, -0.2) is 39.5 Å². The number of sulfonamides is 1. The van der Waals surface area contributed by atoms with E-state index in [1.807, 2.05) is 0 Å². The lowest BCUT2D eigenvalue weighted by Crippen LogP contribution is -2.38. The Labute approximate surface area is 124 Å². The molecule has 1 fully saturated rings. The number of carbonyl (C=O) groups is 1. The van der Waals surface area contributed by atoms with Gasteiger partial charge in [-0.2, -0.15) is 0 Å². The zero-order valence-corrected chi connectivity index (χ0v) is 12.6. The number of hydrogen-bond acceptors (Lipinski definition) is 4. The van der Waals surface area contributed by atoms with Gasteiger partial charge in [0.25, 0.3) is 0 Å². The van der Waals surface area contributed by atoms with Crippen molar-refractivity contribution in [3.8, 4) is 5.75 Å². The number of ether oxygens (including phenoxy) is 1. The molecule has 1 saturated heterocycles. The monoisotopic (exact) mass is 313 g/mol. The van der Waals surface area contributed by atoms with Crippen LogP contribution in [0.25, 0.3) is 0 Å². The molecule has 1 aliphatic heterocycles. The summed E-state index contributed by atoms with van der Waals surface area (Å²) in [4.78, 5) is 13.6. The van der Waals surface area contributed by atoms with Gasteiger partial charge in [-0.3, -0.25) is 0 Å². The van der Waals surface area contributed by atoms with Crippen molar-refractivity contribution in [2.45, 2.75) is 24.2 Å². The number of rotatable bonds is 3. The largest absolute Gasteiger partial charge is 0.495 e. The van der Waals surface area contributed by atoms with Gasteiger partial charge in [-0.15, -0.1) is 0 Å². The molecular formula is C13H19N3O4S. The maximum absolute atomic E-state index is 12.1. The van der Waals surface area contributed by atoms with E-state index in [0.717, 1.165) is 19.3 Å². The van der Waals surface area contributed by atoms with E-state index in [1.165, 1.54) is 19.2 Å². The minimum Gasteiger partial charge on any atom is -0.495 e. The molecule has 0 bridgehead atoms. The molecule has 1 aromatic rings. The van der Waals surface area contributed by atoms with Crippen molar-refractivity contribution in [3.05, 3.63) is 18.2 Å². The van der Waals surface area contributed by atoms with E-state index in [9.17, 15) is 13.2 Å². The molecule has 0 unspecified atom stereocenters. The number of amides is 2. The molecule has 21 heavy (non-hydrogen) atoms. The molecule has 1 aromatic carbocycles. The van der Waals surface area contributed by atoms with Crippen LogP contribution in [0.3, 0.4) is 0 Å². The molecule has 3 N–H and O–H groups in total. The van der Waals surface area contributed by atoms with E-state index in [0.29, 0.717) is 18.8 Å². The number of hydrogen-bond donors (Lipinski definition) is 2. The van der Waals surface area contributed by atoms with Crippen molar-refractivity contribution >= 4 is 21.7 Å². The first-order chi connectivity index (χ1) is 9.91. The van der Waals surface area contributed by atoms with Crippen LogP contribution in [0.4, 0.5) is 10.5 Å². The van der Waals surface area contributed by atoms with Gasteiger partial charge in [-0.25, -0.2) is 18.4 Å². The molecule has 0 radical (unpaired) electrons. The number of nitrogens with two attached hydrogens (primary N) is 1. The molecule has 0 atom stereocenters. The summed E-state index contributed by atoms with van der Waals surface area (Å²) in [5, 5.41) is 7.83. The van der Waals surface area contributed by atoms with Gasteiger partial charge < -0.3 is 15.0 Å². The number of piperidine rings is 1. The number of benzene rings is 1. The van der Waals surface area contributed by atoms with Gasteiger partial charge in [-0.05, 0) is 37.5 Å². The van der Waals surface area contributed by atoms with Crippen LogP contribution >= 0.6 is 0 Å². The van der Waals surface area contributed by atoms with E-state index >= 15 is 0 Å². The number of nitrogens with zero attached hydrogens (tertiary/aromatic N) is 1. The lowest BCUT2D eigenvalue weighted by Gasteiger charge is -2.26. The number of primary sulfonamides is 1. The fourth-order valence-corrected chi connectivity index (χ4v) is 3.00. The molecule has 0 saturated carbocycles. The fourth-order valence-electron chi connectivity index (χ4n) is 2.28. The number of carbonyl (C=O) groups excluding carboxylic acids is 1. The van der Waals surface area contributed by atoms with E-state index in [1.54, 1.807) is 11.0 Å². The predicted molar refractivity (Wildman–Crippen MR) is 78.8 cm³/mol. The van der Waals surface area contributed by atoms with Crippen LogP contribution in [0.5, 0.6) is 5.75 Å². The second-order valence-corrected chi connectivity index (χ2v) is 6.42. The summed E-state index contributed by atoms with van der Waals surface area (Å²) in [6.45, 7) is 1.42. The van der Waals surface area contributed by atoms with E-state index < -0.39 is 10.0 Å². The Morgan fingerprint density at radius 3 is 2.52 bits per heavy atom. The van der Waals surface area contributed by atoms with Crippen molar-refractivity contribution in [2.75, 3.05) is 25.5 Å². The fraction of sp³-hybridized carbons (Fsp3) is 0.462. The Kier molecular flexibility index (Phi) is 4.69. The minimum absolute atomic E-state index is 0.147. The summed E-state index contributed by atoms with van der Waals surface area (Å²) in [6.07, 6.45) is 3.10. The van der Waals surface area contributed by atoms with Gasteiger partial charge in [-0.1, -0.05) is 0 Å². The number of methoxy groups -OCH3 is 1. The maximum atomic E-state index is 12.1. The van der Waals surface area contributed by atoms with Crippen molar-refractivity contribution in [2.24, 2.45) is 5.14 Å². The highest BCUT2D eigenvalue weighted by Gasteiger charge is 2.19. The maximum Gasteiger partial charge on any atom is 0.321 e. The first-order valence-corrected chi connectivity index (χ1v) is 8.23. The molecule has 1 heterocycles. The minimum atomic E-state index is -3.92. The van der Waals surface area contributed by atoms with Crippen LogP contribution in [0.1, 0.15) is 19.3 Å². The predicted octanol–water partition coefficient (Wildman–Crippen LogP) is 1.36. The van der Waals surface area contributed by atoms with Crippen LogP contribution in [-0.2, 0) is 10.0 Å². The third-order valence-corrected chi connectivity index (χ3v) is 4.30. The lowest BCUT2D eigenvalue weighted by atomic mass is 10.1. The zero-order chi connectivity index (χ0) is 15.5. The Morgan fingerprint density at radius 1 is 1.29 bits per heavy atom. The Balaban J connectivity index is 2.19. The first-order valence-electron chi connectivity index (χ1n) is 6.68. The third-order valence-electron chi connectivity index (χ3n) is 3.36. The summed E-state index contributed by atoms with van der Waals surface area (Å²) < 4.78 is 28.0. The summed E-state index contributed by atoms with van der Waals surface area (Å²) in [5.74, 6) is 0.147. The van der Waals surface area contributed by atoms with Crippen LogP contribution in [0.2, 0.25) is 0 Å². The Bertz CT molecular complexity index is 624. The van der Waals surface area contributed by atoms with Gasteiger partial charge in [0.1, 0.15) is 10.6 Å². The first kappa shape index (κ1) is 15.6. The highest BCUT2D eigenvalue weighted by atomic mass is 32.2. The molecule has 0 aromatic heterocycles. The molecule has 8 heteroatoms. The molecule has 116 valence electrons. The topological polar surface area (TPSA) is 102 Å². The van der Waals surface area contributed by atoms with Gasteiger partial charge >= 0.3 is 6.03 Å². The van der Waals surface area contributed by atoms with Crippen molar-refractivity contribution < 1.29 is 17.9 Å². The highest BCUT2D eigenvalue weighted by molar-refractivity contribution is 7.89. The normalized spacial score (nSPS) is 15.6. The number of nitrogens with one attached hydrogen (secondary N) is 1. The van der Waals surface area contributed by atoms with Crippen LogP contribution in [0, 0.1) is 0 Å².